The summed E-state index contributed by atoms with van der Waals surface area (Å²) in [5, 5.41) is 11.3. The summed E-state index contributed by atoms with van der Waals surface area (Å²) in [6.07, 6.45) is 3.15. The van der Waals surface area contributed by atoms with Crippen LogP contribution < -0.4 is 4.90 Å². The van der Waals surface area contributed by atoms with E-state index < -0.39 is 34.2 Å². The van der Waals surface area contributed by atoms with Crippen LogP contribution in [0.5, 0.6) is 0 Å². The van der Waals surface area contributed by atoms with Crippen LogP contribution in [0, 0.1) is 15.5 Å². The van der Waals surface area contributed by atoms with E-state index in [2.05, 4.69) is 11.8 Å². The molecule has 9 nitrogen and oxygen atoms in total. The number of hydrogen-bond donors (Lipinski definition) is 0. The summed E-state index contributed by atoms with van der Waals surface area (Å²) in [5.41, 5.74) is -0.156. The number of fused-ring (bicyclic) bond motifs is 1. The monoisotopic (exact) mass is 416 g/mol. The minimum absolute atomic E-state index is 0.0386. The zero-order valence-electron chi connectivity index (χ0n) is 17.9. The molecule has 0 N–H and O–H groups in total. The molecular weight excluding hydrogens is 388 g/mol. The molecular formula is C21H28N4O5. The van der Waals surface area contributed by atoms with Crippen molar-refractivity contribution in [3.8, 4) is 0 Å². The molecule has 1 saturated heterocycles. The Morgan fingerprint density at radius 3 is 2.27 bits per heavy atom. The van der Waals surface area contributed by atoms with E-state index >= 15 is 0 Å². The van der Waals surface area contributed by atoms with E-state index in [1.165, 1.54) is 26.2 Å². The number of anilines is 1. The lowest BCUT2D eigenvalue weighted by atomic mass is 9.67. The number of barbiturate groups is 1. The Balaban J connectivity index is 2.25. The summed E-state index contributed by atoms with van der Waals surface area (Å²) in [4.78, 5) is 54.3. The number of carbonyl (C=O) groups excluding carboxylic acids is 3. The van der Waals surface area contributed by atoms with Gasteiger partial charge in [-0.3, -0.25) is 29.5 Å². The van der Waals surface area contributed by atoms with Gasteiger partial charge in [-0.25, -0.2) is 4.79 Å². The van der Waals surface area contributed by atoms with Crippen LogP contribution >= 0.6 is 0 Å². The molecule has 3 rings (SSSR count). The summed E-state index contributed by atoms with van der Waals surface area (Å²) >= 11 is 0. The topological polar surface area (TPSA) is 104 Å². The highest BCUT2D eigenvalue weighted by Crippen LogP contribution is 2.47. The molecule has 1 aromatic carbocycles. The van der Waals surface area contributed by atoms with Crippen molar-refractivity contribution in [2.75, 3.05) is 25.5 Å². The van der Waals surface area contributed by atoms with E-state index in [9.17, 15) is 24.5 Å². The van der Waals surface area contributed by atoms with E-state index in [1.807, 2.05) is 6.92 Å². The average molecular weight is 416 g/mol. The Morgan fingerprint density at radius 2 is 1.73 bits per heavy atom. The van der Waals surface area contributed by atoms with Crippen LogP contribution in [-0.2, 0) is 16.0 Å². The van der Waals surface area contributed by atoms with Crippen LogP contribution in [0.1, 0.15) is 45.1 Å². The molecule has 1 unspecified atom stereocenters. The van der Waals surface area contributed by atoms with Gasteiger partial charge in [-0.05, 0) is 24.5 Å². The number of unbranched alkanes of at least 4 members (excludes halogenated alkanes) is 1. The quantitative estimate of drug-likeness (QED) is 0.401. The van der Waals surface area contributed by atoms with E-state index in [1.54, 1.807) is 6.07 Å². The first-order valence-electron chi connectivity index (χ1n) is 10.3. The van der Waals surface area contributed by atoms with Crippen molar-refractivity contribution in [2.45, 2.75) is 52.0 Å². The first kappa shape index (κ1) is 21.7. The fourth-order valence-electron chi connectivity index (χ4n) is 4.76. The number of benzene rings is 1. The van der Waals surface area contributed by atoms with Crippen LogP contribution in [0.4, 0.5) is 16.2 Å². The third-order valence-corrected chi connectivity index (χ3v) is 6.26. The molecule has 1 atom stereocenters. The lowest BCUT2D eigenvalue weighted by Crippen LogP contribution is -2.71. The molecule has 9 heteroatoms. The highest BCUT2D eigenvalue weighted by Gasteiger charge is 2.62. The number of urea groups is 1. The molecule has 1 spiro atoms. The van der Waals surface area contributed by atoms with Gasteiger partial charge in [-0.2, -0.15) is 0 Å². The Bertz CT molecular complexity index is 875. The van der Waals surface area contributed by atoms with Crippen LogP contribution in [0.25, 0.3) is 0 Å². The van der Waals surface area contributed by atoms with Gasteiger partial charge in [-0.15, -0.1) is 0 Å². The molecule has 1 fully saturated rings. The molecule has 30 heavy (non-hydrogen) atoms. The molecule has 0 bridgehead atoms. The minimum atomic E-state index is -1.48. The Morgan fingerprint density at radius 1 is 1.10 bits per heavy atom. The SMILES string of the molecule is CCCCN1c2ccc([N+](=O)[O-])cc2CC2(C(=O)N(C)C(=O)N(C)C2=O)C1CCC. The van der Waals surface area contributed by atoms with E-state index in [0.717, 1.165) is 34.7 Å². The molecule has 1 aromatic rings. The molecule has 2 heterocycles. The standard InChI is InChI=1S/C21H28N4O5/c1-5-7-11-24-16-10-9-15(25(29)30)12-14(16)13-21(17(24)8-6-2)18(26)22(3)20(28)23(4)19(21)27/h9-10,12,17H,5-8,11,13H2,1-4H3. The minimum Gasteiger partial charge on any atom is -0.367 e. The molecule has 162 valence electrons. The summed E-state index contributed by atoms with van der Waals surface area (Å²) in [6.45, 7) is 4.67. The average Bonchev–Trinajstić information content (AvgIpc) is 2.74. The first-order chi connectivity index (χ1) is 14.2. The van der Waals surface area contributed by atoms with Crippen molar-refractivity contribution in [3.63, 3.8) is 0 Å². The van der Waals surface area contributed by atoms with E-state index in [0.29, 0.717) is 18.5 Å². The number of carbonyl (C=O) groups is 3. The number of rotatable bonds is 6. The number of hydrogen-bond acceptors (Lipinski definition) is 6. The van der Waals surface area contributed by atoms with Gasteiger partial charge in [-0.1, -0.05) is 26.7 Å². The second kappa shape index (κ2) is 8.04. The van der Waals surface area contributed by atoms with Gasteiger partial charge < -0.3 is 4.90 Å². The normalized spacial score (nSPS) is 20.7. The van der Waals surface area contributed by atoms with Gasteiger partial charge in [0.1, 0.15) is 0 Å². The smallest absolute Gasteiger partial charge is 0.332 e. The zero-order valence-corrected chi connectivity index (χ0v) is 17.9. The third kappa shape index (κ3) is 3.12. The number of nitro benzene ring substituents is 1. The summed E-state index contributed by atoms with van der Waals surface area (Å²) in [7, 11) is 2.77. The predicted molar refractivity (Wildman–Crippen MR) is 111 cm³/mol. The fourth-order valence-corrected chi connectivity index (χ4v) is 4.76. The van der Waals surface area contributed by atoms with Crippen molar-refractivity contribution >= 4 is 29.2 Å². The van der Waals surface area contributed by atoms with Crippen LogP contribution in [0.2, 0.25) is 0 Å². The number of nitro groups is 1. The van der Waals surface area contributed by atoms with Gasteiger partial charge in [0.2, 0.25) is 11.8 Å². The van der Waals surface area contributed by atoms with Crippen LogP contribution in [0.3, 0.4) is 0 Å². The molecule has 2 aliphatic rings. The second-order valence-electron chi connectivity index (χ2n) is 8.08. The van der Waals surface area contributed by atoms with Crippen LogP contribution in [-0.4, -0.2) is 59.3 Å². The van der Waals surface area contributed by atoms with E-state index in [-0.39, 0.29) is 12.1 Å². The lowest BCUT2D eigenvalue weighted by molar-refractivity contribution is -0.384. The number of non-ortho nitro benzene ring substituents is 1. The fraction of sp³-hybridized carbons (Fsp3) is 0.571. The Labute approximate surface area is 175 Å². The summed E-state index contributed by atoms with van der Waals surface area (Å²) < 4.78 is 0. The van der Waals surface area contributed by atoms with Gasteiger partial charge >= 0.3 is 6.03 Å². The van der Waals surface area contributed by atoms with Crippen molar-refractivity contribution in [1.29, 1.82) is 0 Å². The lowest BCUT2D eigenvalue weighted by Gasteiger charge is -2.53. The van der Waals surface area contributed by atoms with Crippen molar-refractivity contribution in [2.24, 2.45) is 5.41 Å². The molecule has 0 aliphatic carbocycles. The second-order valence-corrected chi connectivity index (χ2v) is 8.08. The maximum atomic E-state index is 13.5. The maximum Gasteiger partial charge on any atom is 0.332 e. The predicted octanol–water partition coefficient (Wildman–Crippen LogP) is 2.96. The largest absolute Gasteiger partial charge is 0.367 e. The molecule has 2 aliphatic heterocycles. The van der Waals surface area contributed by atoms with Gasteiger partial charge in [0.25, 0.3) is 5.69 Å². The van der Waals surface area contributed by atoms with Gasteiger partial charge in [0.15, 0.2) is 5.41 Å². The van der Waals surface area contributed by atoms with Crippen LogP contribution in [0.15, 0.2) is 18.2 Å². The molecule has 0 saturated carbocycles. The van der Waals surface area contributed by atoms with E-state index in [4.69, 9.17) is 0 Å². The highest BCUT2D eigenvalue weighted by molar-refractivity contribution is 6.20. The Hall–Kier alpha value is -2.97. The van der Waals surface area contributed by atoms with Crippen molar-refractivity contribution < 1.29 is 19.3 Å². The number of imide groups is 2. The first-order valence-corrected chi connectivity index (χ1v) is 10.3. The third-order valence-electron chi connectivity index (χ3n) is 6.26. The zero-order chi connectivity index (χ0) is 22.2. The maximum absolute atomic E-state index is 13.5. The summed E-state index contributed by atoms with van der Waals surface area (Å²) in [5.74, 6) is -1.07. The molecule has 0 aromatic heterocycles. The van der Waals surface area contributed by atoms with Crippen molar-refractivity contribution in [3.05, 3.63) is 33.9 Å². The van der Waals surface area contributed by atoms with Gasteiger partial charge in [0.05, 0.1) is 11.0 Å². The summed E-state index contributed by atoms with van der Waals surface area (Å²) in [6, 6.07) is 3.55. The molecule has 0 radical (unpaired) electrons. The van der Waals surface area contributed by atoms with Crippen molar-refractivity contribution in [1.82, 2.24) is 9.80 Å². The molecule has 4 amide bonds. The number of nitrogens with zero attached hydrogens (tertiary/aromatic N) is 4. The van der Waals surface area contributed by atoms with Gasteiger partial charge in [0, 0.05) is 44.9 Å². The number of amides is 4. The Kier molecular flexibility index (Phi) is 5.83. The highest BCUT2D eigenvalue weighted by atomic mass is 16.6.